The van der Waals surface area contributed by atoms with Gasteiger partial charge < -0.3 is 0 Å². The molecule has 108 valence electrons. The maximum absolute atomic E-state index is 4.22. The highest BCUT2D eigenvalue weighted by Crippen LogP contribution is 2.31. The zero-order chi connectivity index (χ0) is 14.6. The summed E-state index contributed by atoms with van der Waals surface area (Å²) in [6.07, 6.45) is 0. The van der Waals surface area contributed by atoms with Crippen LogP contribution in [0.15, 0.2) is 32.9 Å². The lowest BCUT2D eigenvalue weighted by molar-refractivity contribution is 0.590. The van der Waals surface area contributed by atoms with Gasteiger partial charge in [0.15, 0.2) is 8.68 Å². The Morgan fingerprint density at radius 3 is 2.15 bits per heavy atom. The largest absolute Gasteiger partial charge is 0.175 e. The summed E-state index contributed by atoms with van der Waals surface area (Å²) in [4.78, 5) is 0. The molecule has 0 bridgehead atoms. The van der Waals surface area contributed by atoms with Gasteiger partial charge in [-0.1, -0.05) is 86.8 Å². The van der Waals surface area contributed by atoms with Crippen LogP contribution in [0.25, 0.3) is 0 Å². The quantitative estimate of drug-likeness (QED) is 0.702. The van der Waals surface area contributed by atoms with Crippen LogP contribution in [0.1, 0.15) is 38.8 Å². The highest BCUT2D eigenvalue weighted by molar-refractivity contribution is 8.02. The van der Waals surface area contributed by atoms with Crippen molar-refractivity contribution in [3.8, 4) is 0 Å². The van der Waals surface area contributed by atoms with Crippen LogP contribution in [0.2, 0.25) is 0 Å². The Bertz CT molecular complexity index is 541. The third kappa shape index (κ3) is 4.50. The maximum Gasteiger partial charge on any atom is 0.175 e. The van der Waals surface area contributed by atoms with Crippen molar-refractivity contribution in [2.45, 2.75) is 47.5 Å². The van der Waals surface area contributed by atoms with Crippen molar-refractivity contribution < 1.29 is 0 Å². The Hall–Kier alpha value is -0.520. The molecule has 0 amide bonds. The standard InChI is InChI=1S/C15H20N2S3/c1-5-18-13-16-17-14(20-13)19-10-11-6-8-12(9-7-11)15(2,3)4/h6-9H,5,10H2,1-4H3. The molecule has 0 unspecified atom stereocenters. The maximum atomic E-state index is 4.22. The van der Waals surface area contributed by atoms with E-state index in [1.165, 1.54) is 11.1 Å². The van der Waals surface area contributed by atoms with Crippen LogP contribution in [0, 0.1) is 0 Å². The predicted octanol–water partition coefficient (Wildman–Crippen LogP) is 5.24. The van der Waals surface area contributed by atoms with E-state index in [1.54, 1.807) is 34.9 Å². The monoisotopic (exact) mass is 324 g/mol. The summed E-state index contributed by atoms with van der Waals surface area (Å²) in [6, 6.07) is 8.90. The van der Waals surface area contributed by atoms with E-state index in [0.29, 0.717) is 0 Å². The van der Waals surface area contributed by atoms with E-state index in [2.05, 4.69) is 62.2 Å². The van der Waals surface area contributed by atoms with Gasteiger partial charge in [0.25, 0.3) is 0 Å². The highest BCUT2D eigenvalue weighted by Gasteiger charge is 2.13. The van der Waals surface area contributed by atoms with Crippen molar-refractivity contribution in [1.29, 1.82) is 0 Å². The molecule has 2 aromatic rings. The third-order valence-corrected chi connectivity index (χ3v) is 5.98. The first-order valence-electron chi connectivity index (χ1n) is 6.67. The summed E-state index contributed by atoms with van der Waals surface area (Å²) < 4.78 is 2.12. The summed E-state index contributed by atoms with van der Waals surface area (Å²) in [7, 11) is 0. The molecule has 1 aromatic heterocycles. The second kappa shape index (κ2) is 6.96. The lowest BCUT2D eigenvalue weighted by atomic mass is 9.87. The Labute approximate surface area is 133 Å². The number of benzene rings is 1. The van der Waals surface area contributed by atoms with Crippen molar-refractivity contribution in [2.75, 3.05) is 5.75 Å². The van der Waals surface area contributed by atoms with Gasteiger partial charge in [0.1, 0.15) is 0 Å². The topological polar surface area (TPSA) is 25.8 Å². The molecule has 0 aliphatic heterocycles. The minimum absolute atomic E-state index is 0.219. The molecule has 0 aliphatic rings. The van der Waals surface area contributed by atoms with Crippen molar-refractivity contribution >= 4 is 34.9 Å². The van der Waals surface area contributed by atoms with E-state index in [9.17, 15) is 0 Å². The minimum atomic E-state index is 0.219. The first-order chi connectivity index (χ1) is 9.49. The van der Waals surface area contributed by atoms with Gasteiger partial charge in [-0.15, -0.1) is 10.2 Å². The summed E-state index contributed by atoms with van der Waals surface area (Å²) in [6.45, 7) is 8.86. The Morgan fingerprint density at radius 1 is 1.00 bits per heavy atom. The van der Waals surface area contributed by atoms with Gasteiger partial charge in [0.05, 0.1) is 0 Å². The SMILES string of the molecule is CCSc1nnc(SCc2ccc(C(C)(C)C)cc2)s1. The molecule has 2 nitrogen and oxygen atoms in total. The highest BCUT2D eigenvalue weighted by atomic mass is 32.2. The van der Waals surface area contributed by atoms with Gasteiger partial charge in [0.2, 0.25) is 0 Å². The Kier molecular flexibility index (Phi) is 5.52. The number of aromatic nitrogens is 2. The van der Waals surface area contributed by atoms with E-state index in [0.717, 1.165) is 20.2 Å². The fraction of sp³-hybridized carbons (Fsp3) is 0.467. The number of thioether (sulfide) groups is 2. The lowest BCUT2D eigenvalue weighted by Gasteiger charge is -2.19. The van der Waals surface area contributed by atoms with E-state index in [1.807, 2.05) is 0 Å². The normalized spacial score (nSPS) is 11.8. The molecular formula is C15H20N2S3. The molecule has 2 rings (SSSR count). The van der Waals surface area contributed by atoms with Crippen molar-refractivity contribution in [3.05, 3.63) is 35.4 Å². The summed E-state index contributed by atoms with van der Waals surface area (Å²) in [5.41, 5.74) is 2.93. The zero-order valence-corrected chi connectivity index (χ0v) is 14.8. The van der Waals surface area contributed by atoms with Crippen LogP contribution in [-0.2, 0) is 11.2 Å². The molecular weight excluding hydrogens is 304 g/mol. The molecule has 0 saturated carbocycles. The second-order valence-corrected chi connectivity index (χ2v) is 9.21. The van der Waals surface area contributed by atoms with Gasteiger partial charge in [-0.05, 0) is 22.3 Å². The van der Waals surface area contributed by atoms with E-state index >= 15 is 0 Å². The van der Waals surface area contributed by atoms with Crippen LogP contribution in [0.5, 0.6) is 0 Å². The summed E-state index contributed by atoms with van der Waals surface area (Å²) in [5, 5.41) is 8.39. The molecule has 0 aliphatic carbocycles. The minimum Gasteiger partial charge on any atom is -0.131 e. The first kappa shape index (κ1) is 15.9. The van der Waals surface area contributed by atoms with Gasteiger partial charge >= 0.3 is 0 Å². The molecule has 0 radical (unpaired) electrons. The van der Waals surface area contributed by atoms with Crippen molar-refractivity contribution in [1.82, 2.24) is 10.2 Å². The first-order valence-corrected chi connectivity index (χ1v) is 9.46. The fourth-order valence-corrected chi connectivity index (χ4v) is 4.56. The Balaban J connectivity index is 1.93. The average molecular weight is 325 g/mol. The van der Waals surface area contributed by atoms with Crippen LogP contribution >= 0.6 is 34.9 Å². The van der Waals surface area contributed by atoms with Crippen LogP contribution < -0.4 is 0 Å². The van der Waals surface area contributed by atoms with Gasteiger partial charge in [-0.25, -0.2) is 0 Å². The number of hydrogen-bond donors (Lipinski definition) is 0. The molecule has 0 N–H and O–H groups in total. The molecule has 20 heavy (non-hydrogen) atoms. The average Bonchev–Trinajstić information content (AvgIpc) is 2.84. The predicted molar refractivity (Wildman–Crippen MR) is 91.0 cm³/mol. The van der Waals surface area contributed by atoms with E-state index in [-0.39, 0.29) is 5.41 Å². The van der Waals surface area contributed by atoms with Crippen LogP contribution in [-0.4, -0.2) is 16.0 Å². The molecule has 0 fully saturated rings. The third-order valence-electron chi connectivity index (χ3n) is 2.84. The number of nitrogens with zero attached hydrogens (tertiary/aromatic N) is 2. The van der Waals surface area contributed by atoms with Crippen molar-refractivity contribution in [2.24, 2.45) is 0 Å². The molecule has 1 heterocycles. The number of hydrogen-bond acceptors (Lipinski definition) is 5. The molecule has 0 saturated heterocycles. The zero-order valence-electron chi connectivity index (χ0n) is 12.3. The second-order valence-electron chi connectivity index (χ2n) is 5.50. The summed E-state index contributed by atoms with van der Waals surface area (Å²) >= 11 is 5.21. The van der Waals surface area contributed by atoms with Crippen molar-refractivity contribution in [3.63, 3.8) is 0 Å². The van der Waals surface area contributed by atoms with Crippen LogP contribution in [0.3, 0.4) is 0 Å². The lowest BCUT2D eigenvalue weighted by Crippen LogP contribution is -2.10. The van der Waals surface area contributed by atoms with Gasteiger partial charge in [-0.3, -0.25) is 0 Å². The molecule has 1 aromatic carbocycles. The van der Waals surface area contributed by atoms with E-state index < -0.39 is 0 Å². The summed E-state index contributed by atoms with van der Waals surface area (Å²) in [5.74, 6) is 2.00. The number of rotatable bonds is 5. The fourth-order valence-electron chi connectivity index (χ4n) is 1.68. The van der Waals surface area contributed by atoms with Gasteiger partial charge in [-0.2, -0.15) is 0 Å². The smallest absolute Gasteiger partial charge is 0.131 e. The van der Waals surface area contributed by atoms with Gasteiger partial charge in [0, 0.05) is 5.75 Å². The van der Waals surface area contributed by atoms with E-state index in [4.69, 9.17) is 0 Å². The Morgan fingerprint density at radius 2 is 1.60 bits per heavy atom. The molecule has 0 spiro atoms. The molecule has 5 heteroatoms. The van der Waals surface area contributed by atoms with Crippen LogP contribution in [0.4, 0.5) is 0 Å². The molecule has 0 atom stereocenters.